The fourth-order valence-electron chi connectivity index (χ4n) is 2.73. The summed E-state index contributed by atoms with van der Waals surface area (Å²) in [4.78, 5) is 20.2. The van der Waals surface area contributed by atoms with Crippen molar-refractivity contribution in [2.45, 2.75) is 32.2 Å². The van der Waals surface area contributed by atoms with Gasteiger partial charge in [-0.25, -0.2) is 0 Å². The summed E-state index contributed by atoms with van der Waals surface area (Å²) in [5.41, 5.74) is 2.66. The maximum Gasteiger partial charge on any atom is 0.343 e. The Hall–Kier alpha value is -3.49. The quantitative estimate of drug-likeness (QED) is 0.545. The number of hydrogen-bond acceptors (Lipinski definition) is 5. The number of amides is 1. The molecule has 0 saturated carbocycles. The largest absolute Gasteiger partial charge is 0.351 e. The Morgan fingerprint density at radius 2 is 1.93 bits per heavy atom. The molecule has 1 aromatic carbocycles. The Kier molecular flexibility index (Phi) is 6.95. The lowest BCUT2D eigenvalue weighted by Gasteiger charge is -2.12. The van der Waals surface area contributed by atoms with Gasteiger partial charge in [-0.15, -0.1) is 5.10 Å². The van der Waals surface area contributed by atoms with Crippen LogP contribution in [0.4, 0.5) is 8.78 Å². The topological polar surface area (TPSA) is 85.6 Å². The number of unbranched alkanes of at least 4 members (excludes halogenated alkanes) is 1. The molecule has 0 fully saturated rings. The Labute approximate surface area is 172 Å². The summed E-state index contributed by atoms with van der Waals surface area (Å²) in [5.74, 6) is -4.87. The number of aromatic nitrogens is 5. The van der Waals surface area contributed by atoms with Crippen LogP contribution in [-0.2, 0) is 11.3 Å². The first-order valence-electron chi connectivity index (χ1n) is 9.54. The maximum atomic E-state index is 13.9. The van der Waals surface area contributed by atoms with E-state index in [0.29, 0.717) is 42.4 Å². The number of rotatable bonds is 9. The number of halogens is 2. The highest BCUT2D eigenvalue weighted by atomic mass is 19.3. The lowest BCUT2D eigenvalue weighted by Crippen LogP contribution is -2.39. The van der Waals surface area contributed by atoms with Crippen LogP contribution in [0.2, 0.25) is 0 Å². The predicted octanol–water partition coefficient (Wildman–Crippen LogP) is 3.29. The Bertz CT molecular complexity index is 1000. The van der Waals surface area contributed by atoms with Crippen LogP contribution in [0, 0.1) is 6.92 Å². The van der Waals surface area contributed by atoms with Crippen LogP contribution in [0.15, 0.2) is 55.0 Å². The molecule has 0 saturated heterocycles. The summed E-state index contributed by atoms with van der Waals surface area (Å²) in [6, 6.07) is 8.64. The Balaban J connectivity index is 1.41. The lowest BCUT2D eigenvalue weighted by atomic mass is 10.2. The first-order chi connectivity index (χ1) is 14.5. The lowest BCUT2D eigenvalue weighted by molar-refractivity contribution is -0.139. The molecule has 7 nitrogen and oxygen atoms in total. The van der Waals surface area contributed by atoms with Gasteiger partial charge in [0.2, 0.25) is 0 Å². The second-order valence-electron chi connectivity index (χ2n) is 6.69. The maximum absolute atomic E-state index is 13.9. The molecule has 0 atom stereocenters. The highest BCUT2D eigenvalue weighted by Crippen LogP contribution is 2.18. The van der Waals surface area contributed by atoms with Gasteiger partial charge in [0.15, 0.2) is 0 Å². The van der Waals surface area contributed by atoms with Crippen LogP contribution in [0.25, 0.3) is 17.5 Å². The average Bonchev–Trinajstić information content (AvgIpc) is 3.21. The van der Waals surface area contributed by atoms with E-state index in [1.165, 1.54) is 6.08 Å². The van der Waals surface area contributed by atoms with Crippen LogP contribution >= 0.6 is 0 Å². The SMILES string of the molecule is Cc1nccnc1-c1cn(CCCCNC(=O)C(F)(F)/C=C/c2ccccc2)nn1. The van der Waals surface area contributed by atoms with Crippen molar-refractivity contribution in [3.8, 4) is 11.4 Å². The minimum absolute atomic E-state index is 0.151. The van der Waals surface area contributed by atoms with Crippen LogP contribution < -0.4 is 5.32 Å². The summed E-state index contributed by atoms with van der Waals surface area (Å²) in [7, 11) is 0. The zero-order chi connectivity index (χ0) is 21.4. The molecule has 0 aliphatic heterocycles. The van der Waals surface area contributed by atoms with Crippen LogP contribution in [0.3, 0.4) is 0 Å². The van der Waals surface area contributed by atoms with Gasteiger partial charge in [-0.2, -0.15) is 8.78 Å². The molecular weight excluding hydrogens is 390 g/mol. The van der Waals surface area contributed by atoms with Crippen molar-refractivity contribution in [3.05, 3.63) is 66.3 Å². The molecule has 0 aliphatic rings. The van der Waals surface area contributed by atoms with Gasteiger partial charge >= 0.3 is 5.92 Å². The van der Waals surface area contributed by atoms with Gasteiger partial charge in [-0.05, 0) is 31.4 Å². The van der Waals surface area contributed by atoms with Crippen LogP contribution in [0.5, 0.6) is 0 Å². The molecule has 0 aliphatic carbocycles. The van der Waals surface area contributed by atoms with Crippen molar-refractivity contribution in [1.29, 1.82) is 0 Å². The summed E-state index contributed by atoms with van der Waals surface area (Å²) in [6.07, 6.45) is 7.99. The molecule has 0 unspecified atom stereocenters. The molecule has 30 heavy (non-hydrogen) atoms. The zero-order valence-corrected chi connectivity index (χ0v) is 16.5. The van der Waals surface area contributed by atoms with Gasteiger partial charge in [0, 0.05) is 25.5 Å². The molecule has 0 bridgehead atoms. The molecule has 1 amide bonds. The molecule has 2 aromatic heterocycles. The summed E-state index contributed by atoms with van der Waals surface area (Å²) < 4.78 is 29.5. The first-order valence-corrected chi connectivity index (χ1v) is 9.54. The van der Waals surface area contributed by atoms with E-state index in [2.05, 4.69) is 25.6 Å². The summed E-state index contributed by atoms with van der Waals surface area (Å²) >= 11 is 0. The van der Waals surface area contributed by atoms with E-state index in [1.54, 1.807) is 53.6 Å². The van der Waals surface area contributed by atoms with Gasteiger partial charge in [0.05, 0.1) is 11.9 Å². The minimum Gasteiger partial charge on any atom is -0.351 e. The fraction of sp³-hybridized carbons (Fsp3) is 0.286. The van der Waals surface area contributed by atoms with E-state index in [0.717, 1.165) is 5.69 Å². The Morgan fingerprint density at radius 1 is 1.17 bits per heavy atom. The second kappa shape index (κ2) is 9.82. The number of alkyl halides is 2. The minimum atomic E-state index is -3.56. The molecule has 3 rings (SSSR count). The molecular formula is C21H22F2N6O. The monoisotopic (exact) mass is 412 g/mol. The Morgan fingerprint density at radius 3 is 2.70 bits per heavy atom. The number of hydrogen-bond donors (Lipinski definition) is 1. The third kappa shape index (κ3) is 5.76. The summed E-state index contributed by atoms with van der Waals surface area (Å²) in [6.45, 7) is 2.54. The van der Waals surface area contributed by atoms with Crippen molar-refractivity contribution in [3.63, 3.8) is 0 Å². The number of nitrogens with zero attached hydrogens (tertiary/aromatic N) is 5. The summed E-state index contributed by atoms with van der Waals surface area (Å²) in [5, 5.41) is 10.4. The molecule has 156 valence electrons. The van der Waals surface area contributed by atoms with Crippen LogP contribution in [-0.4, -0.2) is 43.3 Å². The van der Waals surface area contributed by atoms with E-state index in [9.17, 15) is 13.6 Å². The third-order valence-corrected chi connectivity index (χ3v) is 4.35. The zero-order valence-electron chi connectivity index (χ0n) is 16.5. The van der Waals surface area contributed by atoms with E-state index in [-0.39, 0.29) is 6.54 Å². The van der Waals surface area contributed by atoms with E-state index >= 15 is 0 Å². The number of carbonyl (C=O) groups excluding carboxylic acids is 1. The van der Waals surface area contributed by atoms with Crippen LogP contribution in [0.1, 0.15) is 24.1 Å². The molecule has 9 heteroatoms. The standard InChI is InChI=1S/C21H22F2N6O/c1-16-19(25-13-12-24-16)18-15-29(28-27-18)14-6-5-11-26-20(30)21(22,23)10-9-17-7-3-2-4-8-17/h2-4,7-10,12-13,15H,5-6,11,14H2,1H3,(H,26,30)/b10-9+. The second-order valence-corrected chi connectivity index (χ2v) is 6.69. The predicted molar refractivity (Wildman–Crippen MR) is 108 cm³/mol. The van der Waals surface area contributed by atoms with Gasteiger partial charge in [0.25, 0.3) is 5.91 Å². The van der Waals surface area contributed by atoms with Crippen molar-refractivity contribution < 1.29 is 13.6 Å². The first kappa shape index (κ1) is 21.2. The highest BCUT2D eigenvalue weighted by Gasteiger charge is 2.35. The normalized spacial score (nSPS) is 11.7. The number of benzene rings is 1. The van der Waals surface area contributed by atoms with Crippen molar-refractivity contribution >= 4 is 12.0 Å². The average molecular weight is 412 g/mol. The van der Waals surface area contributed by atoms with E-state index < -0.39 is 11.8 Å². The molecule has 0 spiro atoms. The molecule has 0 radical (unpaired) electrons. The molecule has 1 N–H and O–H groups in total. The number of nitrogens with one attached hydrogen (secondary N) is 1. The highest BCUT2D eigenvalue weighted by molar-refractivity contribution is 5.86. The molecule has 2 heterocycles. The van der Waals surface area contributed by atoms with Gasteiger partial charge in [-0.3, -0.25) is 19.4 Å². The van der Waals surface area contributed by atoms with Crippen molar-refractivity contribution in [1.82, 2.24) is 30.3 Å². The van der Waals surface area contributed by atoms with Gasteiger partial charge in [-0.1, -0.05) is 41.6 Å². The fourth-order valence-corrected chi connectivity index (χ4v) is 2.73. The third-order valence-electron chi connectivity index (χ3n) is 4.35. The number of carbonyl (C=O) groups is 1. The number of aryl methyl sites for hydroxylation is 2. The van der Waals surface area contributed by atoms with Crippen molar-refractivity contribution in [2.24, 2.45) is 0 Å². The van der Waals surface area contributed by atoms with E-state index in [4.69, 9.17) is 0 Å². The van der Waals surface area contributed by atoms with E-state index in [1.807, 2.05) is 6.92 Å². The van der Waals surface area contributed by atoms with Gasteiger partial charge < -0.3 is 5.32 Å². The van der Waals surface area contributed by atoms with Crippen molar-refractivity contribution in [2.75, 3.05) is 6.54 Å². The molecule has 3 aromatic rings. The smallest absolute Gasteiger partial charge is 0.343 e. The van der Waals surface area contributed by atoms with Gasteiger partial charge in [0.1, 0.15) is 11.4 Å².